The zero-order valence-electron chi connectivity index (χ0n) is 17.3. The lowest BCUT2D eigenvalue weighted by Gasteiger charge is -2.36. The summed E-state index contributed by atoms with van der Waals surface area (Å²) in [5, 5.41) is 26.6. The highest BCUT2D eigenvalue weighted by atomic mass is 32.1. The first-order valence-corrected chi connectivity index (χ1v) is 11.1. The topological polar surface area (TPSA) is 153 Å². The lowest BCUT2D eigenvalue weighted by atomic mass is 9.93. The van der Waals surface area contributed by atoms with Crippen LogP contribution < -0.4 is 5.73 Å². The normalized spacial score (nSPS) is 16.2. The summed E-state index contributed by atoms with van der Waals surface area (Å²) < 4.78 is 6.71. The first-order valence-electron chi connectivity index (χ1n) is 10.3. The zero-order valence-corrected chi connectivity index (χ0v) is 18.1. The number of aromatic nitrogens is 3. The van der Waals surface area contributed by atoms with E-state index < -0.39 is 4.92 Å². The molecule has 12 heteroatoms. The number of non-ortho nitro benzene ring substituents is 1. The number of carbonyl (C=O) groups excluding carboxylic acids is 1. The fraction of sp³-hybridized carbons (Fsp3) is 0.286. The number of nitrogens with zero attached hydrogens (tertiary/aromatic N) is 5. The maximum absolute atomic E-state index is 11.6. The number of hydrogen-bond donors (Lipinski definition) is 2. The molecule has 4 heterocycles. The fourth-order valence-corrected chi connectivity index (χ4v) is 5.30. The van der Waals surface area contributed by atoms with Gasteiger partial charge in [-0.25, -0.2) is 0 Å². The molecule has 1 aliphatic rings. The Morgan fingerprint density at radius 3 is 2.58 bits per heavy atom. The van der Waals surface area contributed by atoms with E-state index in [0.717, 1.165) is 5.56 Å². The number of furan rings is 1. The van der Waals surface area contributed by atoms with Gasteiger partial charge in [0.2, 0.25) is 22.6 Å². The number of piperidine rings is 1. The van der Waals surface area contributed by atoms with Gasteiger partial charge < -0.3 is 15.3 Å². The molecule has 1 aliphatic heterocycles. The summed E-state index contributed by atoms with van der Waals surface area (Å²) in [5.74, 6) is 0.300. The molecule has 170 valence electrons. The SMILES string of the molecule is NC(=O)C1CCN(C(c2ccc([N+](=O)[O-])cc2)c2sc3nc(-c4ccco4)nn3c2O)CC1. The number of amides is 1. The van der Waals surface area contributed by atoms with Crippen molar-refractivity contribution in [1.29, 1.82) is 0 Å². The molecule has 0 saturated carbocycles. The summed E-state index contributed by atoms with van der Waals surface area (Å²) in [5.41, 5.74) is 6.25. The van der Waals surface area contributed by atoms with Crippen molar-refractivity contribution in [3.8, 4) is 17.5 Å². The Morgan fingerprint density at radius 1 is 1.27 bits per heavy atom. The van der Waals surface area contributed by atoms with Crippen LogP contribution in [0.1, 0.15) is 29.3 Å². The van der Waals surface area contributed by atoms with E-state index in [4.69, 9.17) is 10.2 Å². The molecule has 1 saturated heterocycles. The molecule has 0 aliphatic carbocycles. The van der Waals surface area contributed by atoms with Crippen molar-refractivity contribution in [3.63, 3.8) is 0 Å². The van der Waals surface area contributed by atoms with Crippen LogP contribution in [0.3, 0.4) is 0 Å². The van der Waals surface area contributed by atoms with Crippen LogP contribution in [-0.4, -0.2) is 48.5 Å². The average Bonchev–Trinajstić information content (AvgIpc) is 3.54. The monoisotopic (exact) mass is 468 g/mol. The number of rotatable bonds is 6. The van der Waals surface area contributed by atoms with Gasteiger partial charge in [0, 0.05) is 18.1 Å². The third-order valence-corrected chi connectivity index (χ3v) is 6.98. The molecule has 3 aromatic heterocycles. The van der Waals surface area contributed by atoms with Gasteiger partial charge in [-0.05, 0) is 43.6 Å². The predicted octanol–water partition coefficient (Wildman–Crippen LogP) is 2.95. The van der Waals surface area contributed by atoms with Crippen LogP contribution in [0, 0.1) is 16.0 Å². The lowest BCUT2D eigenvalue weighted by Crippen LogP contribution is -2.40. The maximum atomic E-state index is 11.6. The minimum Gasteiger partial charge on any atom is -0.492 e. The van der Waals surface area contributed by atoms with Gasteiger partial charge in [-0.3, -0.25) is 19.8 Å². The van der Waals surface area contributed by atoms with Crippen molar-refractivity contribution < 1.29 is 19.2 Å². The molecule has 11 nitrogen and oxygen atoms in total. The van der Waals surface area contributed by atoms with E-state index in [1.165, 1.54) is 34.2 Å². The number of hydrogen-bond acceptors (Lipinski definition) is 9. The van der Waals surface area contributed by atoms with Gasteiger partial charge in [0.05, 0.1) is 22.1 Å². The number of fused-ring (bicyclic) bond motifs is 1. The molecule has 0 spiro atoms. The van der Waals surface area contributed by atoms with Gasteiger partial charge in [0.15, 0.2) is 5.76 Å². The zero-order chi connectivity index (χ0) is 23.1. The average molecular weight is 468 g/mol. The Morgan fingerprint density at radius 2 is 2.00 bits per heavy atom. The molecule has 1 fully saturated rings. The van der Waals surface area contributed by atoms with E-state index in [1.54, 1.807) is 24.3 Å². The minimum atomic E-state index is -0.450. The standard InChI is InChI=1S/C21H20N6O5S/c22-18(28)13-7-9-25(10-8-13)16(12-3-5-14(6-4-12)27(30)31)17-20(29)26-21(33-17)23-19(24-26)15-2-1-11-32-15/h1-6,11,13,16,29H,7-10H2,(H2,22,28). The summed E-state index contributed by atoms with van der Waals surface area (Å²) in [6.07, 6.45) is 2.72. The third-order valence-electron chi connectivity index (χ3n) is 5.91. The van der Waals surface area contributed by atoms with Crippen molar-refractivity contribution in [2.24, 2.45) is 11.7 Å². The number of benzene rings is 1. The van der Waals surface area contributed by atoms with Gasteiger partial charge in [0.1, 0.15) is 0 Å². The highest BCUT2D eigenvalue weighted by molar-refractivity contribution is 7.17. The largest absolute Gasteiger partial charge is 0.492 e. The number of primary amides is 1. The van der Waals surface area contributed by atoms with Gasteiger partial charge in [-0.15, -0.1) is 5.10 Å². The smallest absolute Gasteiger partial charge is 0.269 e. The number of likely N-dealkylation sites (tertiary alicyclic amines) is 1. The first kappa shape index (κ1) is 21.1. The highest BCUT2D eigenvalue weighted by Crippen LogP contribution is 2.42. The van der Waals surface area contributed by atoms with Crippen LogP contribution >= 0.6 is 11.3 Å². The van der Waals surface area contributed by atoms with Gasteiger partial charge in [-0.2, -0.15) is 9.50 Å². The molecule has 5 rings (SSSR count). The molecule has 3 N–H and O–H groups in total. The number of nitro groups is 1. The van der Waals surface area contributed by atoms with Crippen LogP contribution in [0.4, 0.5) is 5.69 Å². The van der Waals surface area contributed by atoms with Crippen LogP contribution in [0.2, 0.25) is 0 Å². The third kappa shape index (κ3) is 3.83. The molecule has 0 bridgehead atoms. The van der Waals surface area contributed by atoms with E-state index in [9.17, 15) is 20.0 Å². The second kappa shape index (κ2) is 8.30. The quantitative estimate of drug-likeness (QED) is 0.323. The fourth-order valence-electron chi connectivity index (χ4n) is 4.19. The molecule has 4 aromatic rings. The number of nitro benzene ring substituents is 1. The van der Waals surface area contributed by atoms with E-state index in [-0.39, 0.29) is 29.4 Å². The molecular formula is C21H20N6O5S. The second-order valence-corrected chi connectivity index (χ2v) is 8.87. The first-order chi connectivity index (χ1) is 15.9. The number of carbonyl (C=O) groups is 1. The van der Waals surface area contributed by atoms with Gasteiger partial charge in [0.25, 0.3) is 5.69 Å². The summed E-state index contributed by atoms with van der Waals surface area (Å²) in [7, 11) is 0. The second-order valence-electron chi connectivity index (χ2n) is 7.86. The van der Waals surface area contributed by atoms with Crippen molar-refractivity contribution in [1.82, 2.24) is 19.5 Å². The Balaban J connectivity index is 1.54. The Hall–Kier alpha value is -3.77. The Bertz CT molecular complexity index is 1310. The van der Waals surface area contributed by atoms with Crippen LogP contribution in [0.15, 0.2) is 47.1 Å². The van der Waals surface area contributed by atoms with Gasteiger partial charge >= 0.3 is 0 Å². The summed E-state index contributed by atoms with van der Waals surface area (Å²) in [4.78, 5) is 30.0. The van der Waals surface area contributed by atoms with E-state index >= 15 is 0 Å². The summed E-state index contributed by atoms with van der Waals surface area (Å²) in [6.45, 7) is 1.17. The molecule has 1 unspecified atom stereocenters. The summed E-state index contributed by atoms with van der Waals surface area (Å²) >= 11 is 1.29. The minimum absolute atomic E-state index is 0.0140. The maximum Gasteiger partial charge on any atom is 0.269 e. The van der Waals surface area contributed by atoms with Gasteiger partial charge in [-0.1, -0.05) is 23.5 Å². The van der Waals surface area contributed by atoms with Crippen molar-refractivity contribution in [2.45, 2.75) is 18.9 Å². The predicted molar refractivity (Wildman–Crippen MR) is 119 cm³/mol. The van der Waals surface area contributed by atoms with Crippen molar-refractivity contribution in [2.75, 3.05) is 13.1 Å². The molecule has 33 heavy (non-hydrogen) atoms. The van der Waals surface area contributed by atoms with E-state index in [0.29, 0.717) is 47.4 Å². The molecule has 1 amide bonds. The Labute approximate surface area is 191 Å². The number of nitrogens with two attached hydrogens (primary N) is 1. The van der Waals surface area contributed by atoms with Crippen molar-refractivity contribution >= 4 is 27.9 Å². The Kier molecular flexibility index (Phi) is 5.30. The molecular weight excluding hydrogens is 448 g/mol. The lowest BCUT2D eigenvalue weighted by molar-refractivity contribution is -0.384. The number of thiazole rings is 1. The van der Waals surface area contributed by atoms with Crippen molar-refractivity contribution in [3.05, 3.63) is 63.2 Å². The summed E-state index contributed by atoms with van der Waals surface area (Å²) in [6, 6.07) is 9.35. The molecule has 1 aromatic carbocycles. The highest BCUT2D eigenvalue weighted by Gasteiger charge is 2.33. The van der Waals surface area contributed by atoms with E-state index in [1.807, 2.05) is 0 Å². The van der Waals surface area contributed by atoms with Crippen LogP contribution in [0.25, 0.3) is 16.5 Å². The van der Waals surface area contributed by atoms with E-state index in [2.05, 4.69) is 15.0 Å². The van der Waals surface area contributed by atoms with Crippen LogP contribution in [0.5, 0.6) is 5.88 Å². The molecule has 1 atom stereocenters. The molecule has 0 radical (unpaired) electrons. The van der Waals surface area contributed by atoms with Crippen LogP contribution in [-0.2, 0) is 4.79 Å². The number of aromatic hydroxyl groups is 1.